The largest absolute Gasteiger partial charge is 0.344 e. The average Bonchev–Trinajstić information content (AvgIpc) is 3.06. The fourth-order valence-corrected chi connectivity index (χ4v) is 3.08. The third-order valence-corrected chi connectivity index (χ3v) is 4.68. The van der Waals surface area contributed by atoms with E-state index in [2.05, 4.69) is 44.8 Å². The molecule has 0 spiro atoms. The fourth-order valence-electron chi connectivity index (χ4n) is 3.08. The van der Waals surface area contributed by atoms with Crippen molar-refractivity contribution in [2.45, 2.75) is 19.8 Å². The monoisotopic (exact) mass is 426 g/mol. The van der Waals surface area contributed by atoms with Crippen molar-refractivity contribution in [3.05, 3.63) is 109 Å². The van der Waals surface area contributed by atoms with Crippen molar-refractivity contribution in [2.24, 2.45) is 4.99 Å². The van der Waals surface area contributed by atoms with Crippen LogP contribution in [-0.4, -0.2) is 27.8 Å². The van der Waals surface area contributed by atoms with Gasteiger partial charge in [0, 0.05) is 35.4 Å². The second-order valence-corrected chi connectivity index (χ2v) is 7.09. The number of aliphatic imine (C=N–C) groups is 1. The molecular formula is C27H27FN4. The summed E-state index contributed by atoms with van der Waals surface area (Å²) in [5.74, 6) is 0.694. The van der Waals surface area contributed by atoms with Crippen LogP contribution in [0.2, 0.25) is 0 Å². The van der Waals surface area contributed by atoms with Crippen molar-refractivity contribution in [1.29, 1.82) is 0 Å². The van der Waals surface area contributed by atoms with Gasteiger partial charge in [-0.25, -0.2) is 4.98 Å². The van der Waals surface area contributed by atoms with Crippen LogP contribution in [0.15, 0.2) is 96.8 Å². The average molecular weight is 427 g/mol. The van der Waals surface area contributed by atoms with Gasteiger partial charge in [-0.05, 0) is 49.6 Å². The van der Waals surface area contributed by atoms with Gasteiger partial charge in [-0.1, -0.05) is 55.2 Å². The van der Waals surface area contributed by atoms with E-state index in [-0.39, 0.29) is 0 Å². The van der Waals surface area contributed by atoms with Crippen LogP contribution in [0.1, 0.15) is 29.8 Å². The lowest BCUT2D eigenvalue weighted by molar-refractivity contribution is 0.501. The first-order valence-corrected chi connectivity index (χ1v) is 10.5. The van der Waals surface area contributed by atoms with E-state index in [4.69, 9.17) is 0 Å². The highest BCUT2D eigenvalue weighted by Crippen LogP contribution is 2.20. The second-order valence-electron chi connectivity index (χ2n) is 7.09. The summed E-state index contributed by atoms with van der Waals surface area (Å²) in [6.07, 6.45) is 20.1. The van der Waals surface area contributed by atoms with Crippen LogP contribution in [0.25, 0.3) is 22.7 Å². The second kappa shape index (κ2) is 12.1. The van der Waals surface area contributed by atoms with Crippen LogP contribution in [0.4, 0.5) is 4.39 Å². The summed E-state index contributed by atoms with van der Waals surface area (Å²) in [4.78, 5) is 17.0. The third-order valence-electron chi connectivity index (χ3n) is 4.68. The quantitative estimate of drug-likeness (QED) is 0.497. The van der Waals surface area contributed by atoms with Crippen molar-refractivity contribution in [3.8, 4) is 11.4 Å². The third kappa shape index (κ3) is 6.57. The van der Waals surface area contributed by atoms with Gasteiger partial charge in [0.1, 0.15) is 5.82 Å². The number of halogens is 1. The number of hydrogen-bond donors (Lipinski definition) is 1. The predicted molar refractivity (Wildman–Crippen MR) is 132 cm³/mol. The Kier molecular flexibility index (Phi) is 8.63. The minimum Gasteiger partial charge on any atom is -0.344 e. The number of nitrogens with zero attached hydrogens (tertiary/aromatic N) is 3. The van der Waals surface area contributed by atoms with E-state index >= 15 is 0 Å². The maximum Gasteiger partial charge on any atom is 0.138 e. The number of allylic oxidation sites excluding steroid dienone is 8. The molecule has 2 heterocycles. The van der Waals surface area contributed by atoms with Gasteiger partial charge in [0.05, 0.1) is 18.1 Å². The summed E-state index contributed by atoms with van der Waals surface area (Å²) < 4.78 is 12.7. The first kappa shape index (κ1) is 22.8. The summed E-state index contributed by atoms with van der Waals surface area (Å²) in [5, 5.41) is 0. The normalized spacial score (nSPS) is 13.6. The number of aromatic amines is 1. The Bertz CT molecular complexity index is 1130. The molecule has 0 fully saturated rings. The number of hydrogen-bond acceptors (Lipinski definition) is 3. The maximum absolute atomic E-state index is 12.7. The summed E-state index contributed by atoms with van der Waals surface area (Å²) >= 11 is 0. The SMILES string of the molecule is C=CC=N/C(=C\CCF)c1ccnc(-c2ccc(C3=CCC=CC=C3)nc2)[nH]c(C)cc1. The number of pyridine rings is 1. The van der Waals surface area contributed by atoms with Crippen molar-refractivity contribution >= 4 is 17.5 Å². The molecule has 0 saturated heterocycles. The van der Waals surface area contributed by atoms with Crippen molar-refractivity contribution in [2.75, 3.05) is 6.67 Å². The smallest absolute Gasteiger partial charge is 0.138 e. The van der Waals surface area contributed by atoms with Gasteiger partial charge < -0.3 is 4.98 Å². The maximum atomic E-state index is 12.7. The molecule has 162 valence electrons. The number of H-pyrrole nitrogens is 1. The van der Waals surface area contributed by atoms with Gasteiger partial charge in [0.2, 0.25) is 0 Å². The van der Waals surface area contributed by atoms with E-state index in [0.29, 0.717) is 17.9 Å². The van der Waals surface area contributed by atoms with Crippen LogP contribution in [-0.2, 0) is 0 Å². The molecule has 5 heteroatoms. The predicted octanol–water partition coefficient (Wildman–Crippen LogP) is 6.76. The van der Waals surface area contributed by atoms with Crippen molar-refractivity contribution in [3.63, 3.8) is 0 Å². The Hall–Kier alpha value is -3.86. The minimum atomic E-state index is -0.435. The number of nitrogens with one attached hydrogen (secondary N) is 1. The Balaban J connectivity index is 1.96. The lowest BCUT2D eigenvalue weighted by Crippen LogP contribution is -1.91. The Labute approximate surface area is 188 Å². The molecule has 0 unspecified atom stereocenters. The minimum absolute atomic E-state index is 0.296. The standard InChI is InChI=1S/C27H27FN4/c1-3-18-29-25(11-8-17-28)23-13-12-21(2)32-27(30-19-16-23)24-14-15-26(31-20-24)22-9-6-4-5-7-10-22/h3-6,9-16,18-20H,1,7-8,17H2,2H3,(H,30,32)/b19-16?,21-12?,23-13?,25-11-,29-18?. The molecule has 0 amide bonds. The van der Waals surface area contributed by atoms with Gasteiger partial charge in [-0.15, -0.1) is 0 Å². The number of alkyl halides is 1. The summed E-state index contributed by atoms with van der Waals surface area (Å²) in [7, 11) is 0. The van der Waals surface area contributed by atoms with E-state index in [1.165, 1.54) is 0 Å². The zero-order chi connectivity index (χ0) is 22.6. The molecule has 0 saturated carbocycles. The molecule has 0 bridgehead atoms. The molecule has 2 aromatic heterocycles. The van der Waals surface area contributed by atoms with Crippen molar-refractivity contribution in [1.82, 2.24) is 15.0 Å². The Morgan fingerprint density at radius 3 is 2.88 bits per heavy atom. The molecule has 1 N–H and O–H groups in total. The van der Waals surface area contributed by atoms with Crippen molar-refractivity contribution < 1.29 is 4.39 Å². The number of aryl methyl sites for hydroxylation is 1. The Morgan fingerprint density at radius 1 is 1.19 bits per heavy atom. The van der Waals surface area contributed by atoms with Crippen LogP contribution in [0.3, 0.4) is 0 Å². The molecule has 4 nitrogen and oxygen atoms in total. The van der Waals surface area contributed by atoms with E-state index < -0.39 is 6.67 Å². The molecule has 3 rings (SSSR count). The summed E-state index contributed by atoms with van der Waals surface area (Å²) in [6.45, 7) is 5.18. The lowest BCUT2D eigenvalue weighted by Gasteiger charge is -2.04. The molecule has 0 radical (unpaired) electrons. The van der Waals surface area contributed by atoms with Crippen LogP contribution >= 0.6 is 0 Å². The van der Waals surface area contributed by atoms with Gasteiger partial charge in [-0.2, -0.15) is 0 Å². The van der Waals surface area contributed by atoms with E-state index in [9.17, 15) is 4.39 Å². The number of aromatic nitrogens is 3. The lowest BCUT2D eigenvalue weighted by atomic mass is 10.1. The van der Waals surface area contributed by atoms with Gasteiger partial charge in [0.15, 0.2) is 0 Å². The molecule has 32 heavy (non-hydrogen) atoms. The van der Waals surface area contributed by atoms with Crippen LogP contribution in [0, 0.1) is 6.92 Å². The van der Waals surface area contributed by atoms with E-state index in [1.54, 1.807) is 24.6 Å². The molecule has 0 atom stereocenters. The fraction of sp³-hybridized carbons (Fsp3) is 0.148. The zero-order valence-corrected chi connectivity index (χ0v) is 18.2. The number of rotatable bonds is 7. The first-order chi connectivity index (χ1) is 15.7. The van der Waals surface area contributed by atoms with E-state index in [0.717, 1.165) is 34.5 Å². The molecule has 0 aliphatic heterocycles. The first-order valence-electron chi connectivity index (χ1n) is 10.5. The van der Waals surface area contributed by atoms with Crippen LogP contribution < -0.4 is 0 Å². The van der Waals surface area contributed by atoms with Crippen LogP contribution in [0.5, 0.6) is 0 Å². The molecule has 1 aliphatic rings. The highest BCUT2D eigenvalue weighted by Gasteiger charge is 2.04. The molecule has 1 aliphatic carbocycles. The van der Waals surface area contributed by atoms with Gasteiger partial charge >= 0.3 is 0 Å². The molecule has 2 aromatic rings. The molecule has 0 aromatic carbocycles. The highest BCUT2D eigenvalue weighted by atomic mass is 19.1. The topological polar surface area (TPSA) is 53.9 Å². The zero-order valence-electron chi connectivity index (χ0n) is 18.2. The summed E-state index contributed by atoms with van der Waals surface area (Å²) in [6, 6.07) is 9.75. The molecular weight excluding hydrogens is 399 g/mol. The summed E-state index contributed by atoms with van der Waals surface area (Å²) in [5.41, 5.74) is 5.31. The van der Waals surface area contributed by atoms with Gasteiger partial charge in [0.25, 0.3) is 0 Å². The Morgan fingerprint density at radius 2 is 2.09 bits per heavy atom. The van der Waals surface area contributed by atoms with Gasteiger partial charge in [-0.3, -0.25) is 14.4 Å². The van der Waals surface area contributed by atoms with E-state index in [1.807, 2.05) is 55.6 Å². The highest BCUT2D eigenvalue weighted by molar-refractivity contribution is 5.79.